The van der Waals surface area contributed by atoms with E-state index >= 15 is 0 Å². The van der Waals surface area contributed by atoms with E-state index in [1.807, 2.05) is 13.8 Å². The lowest BCUT2D eigenvalue weighted by molar-refractivity contribution is -0.145. The van der Waals surface area contributed by atoms with E-state index in [2.05, 4.69) is 10.1 Å². The van der Waals surface area contributed by atoms with Crippen LogP contribution in [-0.2, 0) is 19.1 Å². The molecule has 19 heavy (non-hydrogen) atoms. The molecule has 0 saturated carbocycles. The van der Waals surface area contributed by atoms with Crippen molar-refractivity contribution in [3.8, 4) is 0 Å². The molecule has 0 spiro atoms. The molecular weight excluding hydrogens is 252 g/mol. The van der Waals surface area contributed by atoms with E-state index in [4.69, 9.17) is 5.73 Å². The molecule has 0 heterocycles. The van der Waals surface area contributed by atoms with Gasteiger partial charge < -0.3 is 20.9 Å². The van der Waals surface area contributed by atoms with Crippen LogP contribution in [0.25, 0.3) is 0 Å². The molecule has 7 heteroatoms. The maximum atomic E-state index is 11.6. The molecule has 0 saturated heterocycles. The molecule has 0 fully saturated rings. The lowest BCUT2D eigenvalue weighted by Gasteiger charge is -2.18. The van der Waals surface area contributed by atoms with Crippen LogP contribution in [0, 0.1) is 5.92 Å². The van der Waals surface area contributed by atoms with Gasteiger partial charge in [0.25, 0.3) is 0 Å². The summed E-state index contributed by atoms with van der Waals surface area (Å²) in [6.45, 7) is 5.50. The Morgan fingerprint density at radius 3 is 2.32 bits per heavy atom. The summed E-state index contributed by atoms with van der Waals surface area (Å²) in [6, 6.07) is -1.17. The van der Waals surface area contributed by atoms with Gasteiger partial charge in [-0.1, -0.05) is 13.8 Å². The predicted octanol–water partition coefficient (Wildman–Crippen LogP) is -0.683. The number of aliphatic hydroxyl groups is 1. The monoisotopic (exact) mass is 274 g/mol. The maximum Gasteiger partial charge on any atom is 0.308 e. The van der Waals surface area contributed by atoms with Crippen molar-refractivity contribution < 1.29 is 24.2 Å². The van der Waals surface area contributed by atoms with Gasteiger partial charge in [-0.2, -0.15) is 0 Å². The van der Waals surface area contributed by atoms with Crippen LogP contribution in [0.2, 0.25) is 0 Å². The first-order valence-electron chi connectivity index (χ1n) is 6.21. The molecule has 0 unspecified atom stereocenters. The fourth-order valence-electron chi connectivity index (χ4n) is 1.43. The summed E-state index contributed by atoms with van der Waals surface area (Å²) in [4.78, 5) is 34.0. The summed E-state index contributed by atoms with van der Waals surface area (Å²) >= 11 is 0. The van der Waals surface area contributed by atoms with Crippen LogP contribution in [0.4, 0.5) is 0 Å². The standard InChI is InChI=1S/C12H22N2O5/c1-4-19-10(16)6-8(11(13)17)14-12(18)9(15)5-7(2)3/h7-9,15H,4-6H2,1-3H3,(H2,13,17)(H,14,18)/t8-,9-/m1/s1. The van der Waals surface area contributed by atoms with Gasteiger partial charge in [0.2, 0.25) is 11.8 Å². The number of esters is 1. The van der Waals surface area contributed by atoms with Crippen LogP contribution >= 0.6 is 0 Å². The molecule has 0 aromatic rings. The Hall–Kier alpha value is -1.63. The highest BCUT2D eigenvalue weighted by Crippen LogP contribution is 2.05. The second-order valence-corrected chi connectivity index (χ2v) is 4.62. The third-order valence-corrected chi connectivity index (χ3v) is 2.33. The summed E-state index contributed by atoms with van der Waals surface area (Å²) in [5.41, 5.74) is 5.09. The first-order valence-corrected chi connectivity index (χ1v) is 6.21. The van der Waals surface area contributed by atoms with Gasteiger partial charge in [0.15, 0.2) is 0 Å². The highest BCUT2D eigenvalue weighted by Gasteiger charge is 2.25. The molecule has 2 atom stereocenters. The van der Waals surface area contributed by atoms with Crippen LogP contribution in [0.3, 0.4) is 0 Å². The van der Waals surface area contributed by atoms with Crippen molar-refractivity contribution in [1.29, 1.82) is 0 Å². The van der Waals surface area contributed by atoms with Crippen molar-refractivity contribution in [3.05, 3.63) is 0 Å². The average Bonchev–Trinajstić information content (AvgIpc) is 2.27. The first-order chi connectivity index (χ1) is 8.77. The van der Waals surface area contributed by atoms with Crippen molar-refractivity contribution in [3.63, 3.8) is 0 Å². The predicted molar refractivity (Wildman–Crippen MR) is 67.8 cm³/mol. The fraction of sp³-hybridized carbons (Fsp3) is 0.750. The molecule has 0 aromatic carbocycles. The average molecular weight is 274 g/mol. The Morgan fingerprint density at radius 2 is 1.89 bits per heavy atom. The highest BCUT2D eigenvalue weighted by molar-refractivity contribution is 5.91. The number of ether oxygens (including phenoxy) is 1. The van der Waals surface area contributed by atoms with E-state index in [9.17, 15) is 19.5 Å². The van der Waals surface area contributed by atoms with Crippen molar-refractivity contribution in [2.24, 2.45) is 11.7 Å². The molecule has 0 rings (SSSR count). The third kappa shape index (κ3) is 7.40. The quantitative estimate of drug-likeness (QED) is 0.506. The number of carbonyl (C=O) groups excluding carboxylic acids is 3. The summed E-state index contributed by atoms with van der Waals surface area (Å²) in [5.74, 6) is -2.08. The van der Waals surface area contributed by atoms with E-state index < -0.39 is 29.9 Å². The Morgan fingerprint density at radius 1 is 1.32 bits per heavy atom. The van der Waals surface area contributed by atoms with E-state index in [1.165, 1.54) is 0 Å². The van der Waals surface area contributed by atoms with E-state index in [0.29, 0.717) is 0 Å². The van der Waals surface area contributed by atoms with Gasteiger partial charge in [-0.3, -0.25) is 14.4 Å². The summed E-state index contributed by atoms with van der Waals surface area (Å²) in [6.07, 6.45) is -1.32. The van der Waals surface area contributed by atoms with Crippen LogP contribution in [0.15, 0.2) is 0 Å². The first kappa shape index (κ1) is 17.4. The zero-order valence-electron chi connectivity index (χ0n) is 11.5. The van der Waals surface area contributed by atoms with E-state index in [-0.39, 0.29) is 25.4 Å². The van der Waals surface area contributed by atoms with Crippen molar-refractivity contribution in [2.75, 3.05) is 6.61 Å². The van der Waals surface area contributed by atoms with Gasteiger partial charge in [-0.15, -0.1) is 0 Å². The van der Waals surface area contributed by atoms with Gasteiger partial charge >= 0.3 is 5.97 Å². The minimum atomic E-state index is -1.23. The number of aliphatic hydroxyl groups excluding tert-OH is 1. The lowest BCUT2D eigenvalue weighted by Crippen LogP contribution is -2.49. The third-order valence-electron chi connectivity index (χ3n) is 2.33. The molecule has 0 aromatic heterocycles. The van der Waals surface area contributed by atoms with E-state index in [0.717, 1.165) is 0 Å². The highest BCUT2D eigenvalue weighted by atomic mass is 16.5. The molecular formula is C12H22N2O5. The minimum absolute atomic E-state index is 0.123. The van der Waals surface area contributed by atoms with Crippen molar-refractivity contribution in [2.45, 2.75) is 45.8 Å². The largest absolute Gasteiger partial charge is 0.466 e. The van der Waals surface area contributed by atoms with Crippen molar-refractivity contribution >= 4 is 17.8 Å². The zero-order valence-corrected chi connectivity index (χ0v) is 11.5. The number of rotatable bonds is 8. The normalized spacial score (nSPS) is 13.7. The molecule has 0 bridgehead atoms. The number of primary amides is 1. The number of hydrogen-bond donors (Lipinski definition) is 3. The molecule has 7 nitrogen and oxygen atoms in total. The van der Waals surface area contributed by atoms with Crippen LogP contribution in [-0.4, -0.2) is 41.6 Å². The Balaban J connectivity index is 4.46. The Labute approximate surface area is 112 Å². The van der Waals surface area contributed by atoms with Gasteiger partial charge in [0.05, 0.1) is 13.0 Å². The van der Waals surface area contributed by atoms with Gasteiger partial charge in [-0.25, -0.2) is 0 Å². The molecule has 0 aliphatic rings. The van der Waals surface area contributed by atoms with Gasteiger partial charge in [-0.05, 0) is 19.3 Å². The van der Waals surface area contributed by atoms with Gasteiger partial charge in [0, 0.05) is 0 Å². The zero-order chi connectivity index (χ0) is 15.0. The molecule has 0 radical (unpaired) electrons. The number of nitrogens with two attached hydrogens (primary N) is 1. The maximum absolute atomic E-state index is 11.6. The molecule has 0 aliphatic heterocycles. The topological polar surface area (TPSA) is 119 Å². The fourth-order valence-corrected chi connectivity index (χ4v) is 1.43. The smallest absolute Gasteiger partial charge is 0.308 e. The van der Waals surface area contributed by atoms with E-state index in [1.54, 1.807) is 6.92 Å². The SMILES string of the molecule is CCOC(=O)C[C@@H](NC(=O)[C@H](O)CC(C)C)C(N)=O. The van der Waals surface area contributed by atoms with Crippen LogP contribution in [0.5, 0.6) is 0 Å². The summed E-state index contributed by atoms with van der Waals surface area (Å²) in [7, 11) is 0. The second-order valence-electron chi connectivity index (χ2n) is 4.62. The summed E-state index contributed by atoms with van der Waals surface area (Å²) in [5, 5.41) is 11.8. The van der Waals surface area contributed by atoms with Crippen LogP contribution < -0.4 is 11.1 Å². The second kappa shape index (κ2) is 8.47. The van der Waals surface area contributed by atoms with Crippen molar-refractivity contribution in [1.82, 2.24) is 5.32 Å². The Bertz CT molecular complexity index is 330. The number of hydrogen-bond acceptors (Lipinski definition) is 5. The molecule has 4 N–H and O–H groups in total. The number of nitrogens with one attached hydrogen (secondary N) is 1. The Kier molecular flexibility index (Phi) is 7.74. The number of carbonyl (C=O) groups is 3. The molecule has 2 amide bonds. The molecule has 110 valence electrons. The summed E-state index contributed by atoms with van der Waals surface area (Å²) < 4.78 is 4.67. The van der Waals surface area contributed by atoms with Crippen LogP contribution in [0.1, 0.15) is 33.6 Å². The molecule has 0 aliphatic carbocycles. The van der Waals surface area contributed by atoms with Gasteiger partial charge in [0.1, 0.15) is 12.1 Å². The number of amides is 2. The lowest BCUT2D eigenvalue weighted by atomic mass is 10.0. The minimum Gasteiger partial charge on any atom is -0.466 e.